The van der Waals surface area contributed by atoms with E-state index in [1.807, 2.05) is 0 Å². The molecular formula is C14H24N2O6. The number of unbranched alkanes of at least 4 members (excludes halogenated alkanes) is 1. The lowest BCUT2D eigenvalue weighted by molar-refractivity contribution is 0.0968. The molecule has 0 radical (unpaired) electrons. The van der Waals surface area contributed by atoms with Gasteiger partial charge in [-0.2, -0.15) is 0 Å². The molecule has 0 amide bonds. The Morgan fingerprint density at radius 3 is 1.36 bits per heavy atom. The van der Waals surface area contributed by atoms with Gasteiger partial charge in [0.25, 0.3) is 0 Å². The number of rotatable bonds is 9. The van der Waals surface area contributed by atoms with E-state index in [0.717, 1.165) is 12.8 Å². The Bertz CT molecular complexity index is 389. The van der Waals surface area contributed by atoms with Gasteiger partial charge in [-0.3, -0.25) is 0 Å². The smallest absolute Gasteiger partial charge is 0.184 e. The van der Waals surface area contributed by atoms with E-state index in [1.165, 1.54) is 0 Å². The van der Waals surface area contributed by atoms with Crippen molar-refractivity contribution in [2.45, 2.75) is 36.8 Å². The summed E-state index contributed by atoms with van der Waals surface area (Å²) in [5, 5.41) is 36.9. The molecular weight excluding hydrogens is 292 g/mol. The number of hydrogen-bond donors (Lipinski definition) is 4. The highest BCUT2D eigenvalue weighted by molar-refractivity contribution is 5.79. The molecule has 0 aromatic carbocycles. The molecule has 0 saturated heterocycles. The van der Waals surface area contributed by atoms with Crippen molar-refractivity contribution < 1.29 is 29.9 Å². The second-order valence-corrected chi connectivity index (χ2v) is 5.88. The molecule has 0 fully saturated rings. The Morgan fingerprint density at radius 1 is 0.727 bits per heavy atom. The first-order chi connectivity index (χ1) is 10.6. The van der Waals surface area contributed by atoms with Crippen LogP contribution in [0.3, 0.4) is 0 Å². The fourth-order valence-corrected chi connectivity index (χ4v) is 2.33. The van der Waals surface area contributed by atoms with E-state index < -0.39 is 11.1 Å². The molecule has 8 nitrogen and oxygen atoms in total. The van der Waals surface area contributed by atoms with E-state index in [2.05, 4.69) is 9.98 Å². The van der Waals surface area contributed by atoms with Gasteiger partial charge in [0.2, 0.25) is 0 Å². The van der Waals surface area contributed by atoms with Crippen LogP contribution < -0.4 is 0 Å². The Hall–Kier alpha value is -1.22. The van der Waals surface area contributed by atoms with Crippen LogP contribution in [0.15, 0.2) is 9.98 Å². The molecule has 0 aromatic rings. The molecule has 2 aliphatic heterocycles. The van der Waals surface area contributed by atoms with Gasteiger partial charge in [-0.15, -0.1) is 0 Å². The van der Waals surface area contributed by atoms with Crippen LogP contribution in [0.25, 0.3) is 0 Å². The van der Waals surface area contributed by atoms with E-state index in [4.69, 9.17) is 9.47 Å². The van der Waals surface area contributed by atoms with Crippen LogP contribution >= 0.6 is 0 Å². The maximum absolute atomic E-state index is 9.23. The highest BCUT2D eigenvalue weighted by atomic mass is 16.5. The van der Waals surface area contributed by atoms with Gasteiger partial charge >= 0.3 is 0 Å². The van der Waals surface area contributed by atoms with Gasteiger partial charge < -0.3 is 29.9 Å². The third-order valence-corrected chi connectivity index (χ3v) is 3.95. The number of hydrogen-bond acceptors (Lipinski definition) is 8. The zero-order valence-corrected chi connectivity index (χ0v) is 12.6. The zero-order chi connectivity index (χ0) is 16.1. The van der Waals surface area contributed by atoms with Gasteiger partial charge in [-0.1, -0.05) is 0 Å². The Kier molecular flexibility index (Phi) is 5.74. The summed E-state index contributed by atoms with van der Waals surface area (Å²) in [4.78, 5) is 8.48. The van der Waals surface area contributed by atoms with Gasteiger partial charge in [0.05, 0.1) is 26.4 Å². The maximum atomic E-state index is 9.23. The highest BCUT2D eigenvalue weighted by Crippen LogP contribution is 2.22. The van der Waals surface area contributed by atoms with E-state index in [9.17, 15) is 20.4 Å². The summed E-state index contributed by atoms with van der Waals surface area (Å²) in [6.07, 6.45) is 2.86. The zero-order valence-electron chi connectivity index (χ0n) is 12.6. The van der Waals surface area contributed by atoms with Gasteiger partial charge in [-0.05, 0) is 12.8 Å². The second-order valence-electron chi connectivity index (χ2n) is 5.88. The van der Waals surface area contributed by atoms with E-state index in [0.29, 0.717) is 24.6 Å². The number of aliphatic hydroxyl groups is 4. The largest absolute Gasteiger partial charge is 0.478 e. The molecule has 0 aliphatic carbocycles. The minimum Gasteiger partial charge on any atom is -0.478 e. The molecule has 0 saturated carbocycles. The molecule has 0 unspecified atom stereocenters. The Labute approximate surface area is 129 Å². The first kappa shape index (κ1) is 17.1. The number of aliphatic imine (C=N–C) groups is 2. The third-order valence-electron chi connectivity index (χ3n) is 3.95. The molecule has 126 valence electrons. The fraction of sp³-hybridized carbons (Fsp3) is 0.857. The maximum Gasteiger partial charge on any atom is 0.184 e. The quantitative estimate of drug-likeness (QED) is 0.398. The van der Waals surface area contributed by atoms with Crippen molar-refractivity contribution >= 4 is 11.8 Å². The Morgan fingerprint density at radius 2 is 1.09 bits per heavy atom. The molecule has 0 aromatic heterocycles. The molecule has 0 spiro atoms. The summed E-state index contributed by atoms with van der Waals surface area (Å²) >= 11 is 0. The van der Waals surface area contributed by atoms with Gasteiger partial charge in [0.1, 0.15) is 24.3 Å². The SMILES string of the molecule is OCC1(CO)COC(CCCCC2=NC(CO)(CO)CO2)=N1. The van der Waals surface area contributed by atoms with Crippen LogP contribution in [0.2, 0.25) is 0 Å². The van der Waals surface area contributed by atoms with E-state index >= 15 is 0 Å². The highest BCUT2D eigenvalue weighted by Gasteiger charge is 2.36. The van der Waals surface area contributed by atoms with Crippen molar-refractivity contribution in [3.8, 4) is 0 Å². The van der Waals surface area contributed by atoms with E-state index in [-0.39, 0.29) is 39.6 Å². The first-order valence-corrected chi connectivity index (χ1v) is 7.47. The Balaban J connectivity index is 1.73. The average Bonchev–Trinajstić information content (AvgIpc) is 3.17. The first-order valence-electron chi connectivity index (χ1n) is 7.47. The summed E-state index contributed by atoms with van der Waals surface area (Å²) in [6, 6.07) is 0. The summed E-state index contributed by atoms with van der Waals surface area (Å²) < 4.78 is 10.8. The molecule has 0 bridgehead atoms. The van der Waals surface area contributed by atoms with Crippen molar-refractivity contribution in [3.05, 3.63) is 0 Å². The lowest BCUT2D eigenvalue weighted by Crippen LogP contribution is -2.37. The molecule has 0 atom stereocenters. The normalized spacial score (nSPS) is 22.0. The minimum atomic E-state index is -0.893. The number of nitrogens with zero attached hydrogens (tertiary/aromatic N) is 2. The standard InChI is InChI=1S/C14H24N2O6/c17-5-13(6-18)9-21-11(15-13)3-1-2-4-12-16-14(7-19,8-20)10-22-12/h17-20H,1-10H2. The monoisotopic (exact) mass is 316 g/mol. The predicted octanol–water partition coefficient (Wildman–Crippen LogP) is -1.15. The van der Waals surface area contributed by atoms with Crippen LogP contribution in [0.4, 0.5) is 0 Å². The van der Waals surface area contributed by atoms with Crippen molar-refractivity contribution in [2.24, 2.45) is 9.98 Å². The average molecular weight is 316 g/mol. The summed E-state index contributed by atoms with van der Waals surface area (Å²) in [5.74, 6) is 1.11. The molecule has 2 rings (SSSR count). The summed E-state index contributed by atoms with van der Waals surface area (Å²) in [5.41, 5.74) is -1.79. The number of aliphatic hydroxyl groups excluding tert-OH is 4. The van der Waals surface area contributed by atoms with Crippen molar-refractivity contribution in [2.75, 3.05) is 39.6 Å². The number of ether oxygens (including phenoxy) is 2. The van der Waals surface area contributed by atoms with Crippen molar-refractivity contribution in [1.29, 1.82) is 0 Å². The third kappa shape index (κ3) is 3.75. The molecule has 2 heterocycles. The van der Waals surface area contributed by atoms with Crippen LogP contribution in [0.5, 0.6) is 0 Å². The van der Waals surface area contributed by atoms with Crippen molar-refractivity contribution in [1.82, 2.24) is 0 Å². The minimum absolute atomic E-state index is 0.209. The lowest BCUT2D eigenvalue weighted by atomic mass is 10.1. The molecule has 8 heteroatoms. The van der Waals surface area contributed by atoms with Crippen LogP contribution in [-0.2, 0) is 9.47 Å². The predicted molar refractivity (Wildman–Crippen MR) is 79.0 cm³/mol. The van der Waals surface area contributed by atoms with Gasteiger partial charge in [0.15, 0.2) is 11.8 Å². The topological polar surface area (TPSA) is 124 Å². The van der Waals surface area contributed by atoms with Gasteiger partial charge in [0, 0.05) is 12.8 Å². The molecule has 4 N–H and O–H groups in total. The van der Waals surface area contributed by atoms with Crippen LogP contribution in [0.1, 0.15) is 25.7 Å². The lowest BCUT2D eigenvalue weighted by Gasteiger charge is -2.16. The summed E-state index contributed by atoms with van der Waals surface area (Å²) in [6.45, 7) is -0.518. The second kappa shape index (κ2) is 7.36. The van der Waals surface area contributed by atoms with Gasteiger partial charge in [-0.25, -0.2) is 9.98 Å². The van der Waals surface area contributed by atoms with E-state index in [1.54, 1.807) is 0 Å². The van der Waals surface area contributed by atoms with Crippen molar-refractivity contribution in [3.63, 3.8) is 0 Å². The van der Waals surface area contributed by atoms with Crippen LogP contribution in [-0.4, -0.2) is 82.9 Å². The molecule has 22 heavy (non-hydrogen) atoms. The summed E-state index contributed by atoms with van der Waals surface area (Å²) in [7, 11) is 0. The molecule has 2 aliphatic rings. The fourth-order valence-electron chi connectivity index (χ4n) is 2.33. The van der Waals surface area contributed by atoms with Crippen LogP contribution in [0, 0.1) is 0 Å².